The molecule has 0 aromatic heterocycles. The van der Waals surface area contributed by atoms with Crippen molar-refractivity contribution in [2.75, 3.05) is 33.7 Å². The number of benzene rings is 10. The highest BCUT2D eigenvalue weighted by atomic mass is 15.2. The lowest BCUT2D eigenvalue weighted by molar-refractivity contribution is 1.20. The Labute approximate surface area is 389 Å². The fourth-order valence-electron chi connectivity index (χ4n) is 8.66. The predicted molar refractivity (Wildman–Crippen MR) is 281 cm³/mol. The molecule has 0 unspecified atom stereocenters. The average Bonchev–Trinajstić information content (AvgIpc) is 3.40. The normalized spacial score (nSPS) is 10.9. The molecule has 0 radical (unpaired) electrons. The van der Waals surface area contributed by atoms with Crippen LogP contribution in [-0.4, -0.2) is 14.1 Å². The van der Waals surface area contributed by atoms with E-state index in [0.29, 0.717) is 0 Å². The van der Waals surface area contributed by atoms with Crippen molar-refractivity contribution < 1.29 is 0 Å². The number of nitrogens with zero attached hydrogens (tertiary/aromatic N) is 4. The summed E-state index contributed by atoms with van der Waals surface area (Å²) in [5, 5.41) is 0. The Morgan fingerprint density at radius 2 is 0.424 bits per heavy atom. The second kappa shape index (κ2) is 19.0. The van der Waals surface area contributed by atoms with E-state index in [4.69, 9.17) is 0 Å². The van der Waals surface area contributed by atoms with E-state index in [1.165, 1.54) is 27.8 Å². The molecule has 318 valence electrons. The molecule has 0 saturated carbocycles. The Morgan fingerprint density at radius 1 is 0.182 bits per heavy atom. The molecule has 0 bridgehead atoms. The van der Waals surface area contributed by atoms with Gasteiger partial charge in [0.05, 0.1) is 0 Å². The van der Waals surface area contributed by atoms with Crippen molar-refractivity contribution in [3.8, 4) is 33.4 Å². The zero-order chi connectivity index (χ0) is 44.7. The molecule has 0 heterocycles. The van der Waals surface area contributed by atoms with E-state index in [0.717, 1.165) is 62.4 Å². The van der Waals surface area contributed by atoms with E-state index in [9.17, 15) is 0 Å². The van der Waals surface area contributed by atoms with E-state index in [1.54, 1.807) is 0 Å². The summed E-state index contributed by atoms with van der Waals surface area (Å²) in [5.41, 5.74) is 18.2. The van der Waals surface area contributed by atoms with Gasteiger partial charge in [0.25, 0.3) is 0 Å². The first kappa shape index (κ1) is 41.4. The van der Waals surface area contributed by atoms with Gasteiger partial charge in [-0.1, -0.05) is 140 Å². The van der Waals surface area contributed by atoms with E-state index in [1.807, 2.05) is 6.07 Å². The van der Waals surface area contributed by atoms with Crippen molar-refractivity contribution in [3.05, 3.63) is 267 Å². The molecule has 0 atom stereocenters. The lowest BCUT2D eigenvalue weighted by atomic mass is 9.98. The minimum atomic E-state index is 1.09. The van der Waals surface area contributed by atoms with Gasteiger partial charge in [-0.2, -0.15) is 0 Å². The van der Waals surface area contributed by atoms with Crippen LogP contribution in [0.1, 0.15) is 0 Å². The first-order valence-corrected chi connectivity index (χ1v) is 22.5. The second-order valence-electron chi connectivity index (χ2n) is 16.4. The van der Waals surface area contributed by atoms with Gasteiger partial charge in [-0.25, -0.2) is 0 Å². The number of para-hydroxylation sites is 3. The first-order chi connectivity index (χ1) is 32.6. The zero-order valence-corrected chi connectivity index (χ0v) is 37.2. The molecule has 4 heteroatoms. The SMILES string of the molecule is CN(c1ccc(-c2cccc(-c3cccc(N(c4ccccc4)c4ccc(N(C)c5ccccc5)cc4)c3)c2)cc1)c1ccc(N(c2ccccc2)c2ccc(-c3ccccc3)cc2)cc1. The van der Waals surface area contributed by atoms with Crippen molar-refractivity contribution in [2.45, 2.75) is 0 Å². The van der Waals surface area contributed by atoms with E-state index >= 15 is 0 Å². The first-order valence-electron chi connectivity index (χ1n) is 22.5. The van der Waals surface area contributed by atoms with E-state index in [2.05, 4.69) is 295 Å². The third-order valence-corrected chi connectivity index (χ3v) is 12.3. The summed E-state index contributed by atoms with van der Waals surface area (Å²) in [6, 6.07) is 95.1. The fourth-order valence-corrected chi connectivity index (χ4v) is 8.66. The lowest BCUT2D eigenvalue weighted by Crippen LogP contribution is -2.12. The Bertz CT molecular complexity index is 3120. The highest BCUT2D eigenvalue weighted by Crippen LogP contribution is 2.40. The van der Waals surface area contributed by atoms with Crippen LogP contribution in [0.5, 0.6) is 0 Å². The van der Waals surface area contributed by atoms with Crippen molar-refractivity contribution >= 4 is 56.9 Å². The Kier molecular flexibility index (Phi) is 11.9. The topological polar surface area (TPSA) is 13.0 Å². The molecule has 0 aliphatic carbocycles. The van der Waals surface area contributed by atoms with Crippen molar-refractivity contribution in [1.82, 2.24) is 0 Å². The van der Waals surface area contributed by atoms with Gasteiger partial charge in [-0.3, -0.25) is 0 Å². The monoisotopic (exact) mass is 850 g/mol. The maximum absolute atomic E-state index is 2.33. The molecule has 10 rings (SSSR count). The fraction of sp³-hybridized carbons (Fsp3) is 0.0323. The van der Waals surface area contributed by atoms with Crippen molar-refractivity contribution in [1.29, 1.82) is 0 Å². The Morgan fingerprint density at radius 3 is 0.894 bits per heavy atom. The molecule has 0 N–H and O–H groups in total. The molecule has 0 saturated heterocycles. The van der Waals surface area contributed by atoms with Crippen LogP contribution in [-0.2, 0) is 0 Å². The maximum Gasteiger partial charge on any atom is 0.0467 e. The minimum absolute atomic E-state index is 1.09. The molecule has 10 aromatic carbocycles. The largest absolute Gasteiger partial charge is 0.345 e. The summed E-state index contributed by atoms with van der Waals surface area (Å²) < 4.78 is 0. The summed E-state index contributed by atoms with van der Waals surface area (Å²) in [4.78, 5) is 9.08. The molecule has 0 aliphatic rings. The molecular weight excluding hydrogens is 801 g/mol. The lowest BCUT2D eigenvalue weighted by Gasteiger charge is -2.27. The second-order valence-corrected chi connectivity index (χ2v) is 16.4. The Balaban J connectivity index is 0.871. The summed E-state index contributed by atoms with van der Waals surface area (Å²) in [6.07, 6.45) is 0. The van der Waals surface area contributed by atoms with Crippen LogP contribution in [0, 0.1) is 0 Å². The average molecular weight is 851 g/mol. The Hall–Kier alpha value is -8.60. The van der Waals surface area contributed by atoms with Crippen LogP contribution in [0.2, 0.25) is 0 Å². The molecule has 66 heavy (non-hydrogen) atoms. The summed E-state index contributed by atoms with van der Waals surface area (Å²) in [5.74, 6) is 0. The van der Waals surface area contributed by atoms with Gasteiger partial charge in [0.15, 0.2) is 0 Å². The van der Waals surface area contributed by atoms with Crippen molar-refractivity contribution in [2.24, 2.45) is 0 Å². The van der Waals surface area contributed by atoms with E-state index in [-0.39, 0.29) is 0 Å². The quantitative estimate of drug-likeness (QED) is 0.115. The highest BCUT2D eigenvalue weighted by molar-refractivity contribution is 5.83. The van der Waals surface area contributed by atoms with Gasteiger partial charge in [0, 0.05) is 71.0 Å². The molecule has 4 nitrogen and oxygen atoms in total. The van der Waals surface area contributed by atoms with Crippen LogP contribution in [0.15, 0.2) is 267 Å². The van der Waals surface area contributed by atoms with Gasteiger partial charge >= 0.3 is 0 Å². The van der Waals surface area contributed by atoms with Gasteiger partial charge in [0.1, 0.15) is 0 Å². The van der Waals surface area contributed by atoms with Crippen LogP contribution in [0.4, 0.5) is 56.9 Å². The predicted octanol–water partition coefficient (Wildman–Crippen LogP) is 17.2. The zero-order valence-electron chi connectivity index (χ0n) is 37.2. The molecular formula is C62H50N4. The summed E-state index contributed by atoms with van der Waals surface area (Å²) in [7, 11) is 4.24. The maximum atomic E-state index is 2.33. The number of hydrogen-bond acceptors (Lipinski definition) is 4. The minimum Gasteiger partial charge on any atom is -0.345 e. The van der Waals surface area contributed by atoms with Gasteiger partial charge in [-0.15, -0.1) is 0 Å². The smallest absolute Gasteiger partial charge is 0.0467 e. The number of hydrogen-bond donors (Lipinski definition) is 0. The van der Waals surface area contributed by atoms with Crippen LogP contribution >= 0.6 is 0 Å². The molecule has 10 aromatic rings. The number of anilines is 10. The standard InChI is InChI=1S/C62H50N4/c1-63(53-22-9-4-10-23-53)55-39-43-61(44-40-55)66(58-26-13-6-14-27-58)62-28-16-21-52(46-62)51-20-15-19-50(45-51)49-29-33-54(34-30-49)64(2)56-37-41-60(42-38-56)65(57-24-11-5-12-25-57)59-35-31-48(32-36-59)47-17-7-3-8-18-47/h3-46H,1-2H3. The highest BCUT2D eigenvalue weighted by Gasteiger charge is 2.16. The van der Waals surface area contributed by atoms with Gasteiger partial charge in [0.2, 0.25) is 0 Å². The molecule has 0 aliphatic heterocycles. The van der Waals surface area contributed by atoms with Crippen LogP contribution in [0.25, 0.3) is 33.4 Å². The number of rotatable bonds is 13. The van der Waals surface area contributed by atoms with E-state index < -0.39 is 0 Å². The summed E-state index contributed by atoms with van der Waals surface area (Å²) in [6.45, 7) is 0. The molecule has 0 fully saturated rings. The summed E-state index contributed by atoms with van der Waals surface area (Å²) >= 11 is 0. The third-order valence-electron chi connectivity index (χ3n) is 12.3. The van der Waals surface area contributed by atoms with Crippen LogP contribution < -0.4 is 19.6 Å². The van der Waals surface area contributed by atoms with Crippen molar-refractivity contribution in [3.63, 3.8) is 0 Å². The molecule has 0 spiro atoms. The molecule has 0 amide bonds. The van der Waals surface area contributed by atoms with Gasteiger partial charge in [-0.05, 0) is 161 Å². The van der Waals surface area contributed by atoms with Crippen LogP contribution in [0.3, 0.4) is 0 Å². The third kappa shape index (κ3) is 8.94. The van der Waals surface area contributed by atoms with Gasteiger partial charge < -0.3 is 19.6 Å².